The first-order chi connectivity index (χ1) is 9.34. The van der Waals surface area contributed by atoms with Gasteiger partial charge in [0.15, 0.2) is 0 Å². The standard InChI is InChI=1S/C14H11BrN4/c15-12-8-4-5-9-14(12)19-16-10-13(17-18-19)11-6-2-1-3-7-11/h1-10,18H. The van der Waals surface area contributed by atoms with Crippen LogP contribution in [0.3, 0.4) is 0 Å². The maximum atomic E-state index is 4.35. The highest BCUT2D eigenvalue weighted by Gasteiger charge is 2.12. The number of benzene rings is 2. The Labute approximate surface area is 119 Å². The quantitative estimate of drug-likeness (QED) is 0.925. The van der Waals surface area contributed by atoms with Crippen LogP contribution in [0.2, 0.25) is 0 Å². The van der Waals surface area contributed by atoms with E-state index in [1.54, 1.807) is 11.3 Å². The van der Waals surface area contributed by atoms with Crippen molar-refractivity contribution >= 4 is 33.5 Å². The maximum Gasteiger partial charge on any atom is 0.112 e. The summed E-state index contributed by atoms with van der Waals surface area (Å²) >= 11 is 3.49. The normalized spacial score (nSPS) is 13.9. The Kier molecular flexibility index (Phi) is 3.29. The van der Waals surface area contributed by atoms with Gasteiger partial charge in [-0.15, -0.1) is 0 Å². The van der Waals surface area contributed by atoms with Gasteiger partial charge < -0.3 is 0 Å². The van der Waals surface area contributed by atoms with E-state index in [0.717, 1.165) is 21.4 Å². The number of hydrazone groups is 2. The minimum absolute atomic E-state index is 0.809. The summed E-state index contributed by atoms with van der Waals surface area (Å²) in [5.74, 6) is 0. The van der Waals surface area contributed by atoms with Crippen molar-refractivity contribution in [2.45, 2.75) is 0 Å². The molecule has 1 heterocycles. The molecule has 0 saturated heterocycles. The van der Waals surface area contributed by atoms with Crippen molar-refractivity contribution in [2.24, 2.45) is 10.2 Å². The minimum Gasteiger partial charge on any atom is -0.197 e. The lowest BCUT2D eigenvalue weighted by Crippen LogP contribution is -2.34. The third-order valence-electron chi connectivity index (χ3n) is 2.71. The van der Waals surface area contributed by atoms with Crippen LogP contribution in [0.15, 0.2) is 69.3 Å². The molecule has 0 atom stereocenters. The highest BCUT2D eigenvalue weighted by Crippen LogP contribution is 2.25. The fourth-order valence-electron chi connectivity index (χ4n) is 1.76. The number of hydrogen-bond acceptors (Lipinski definition) is 4. The van der Waals surface area contributed by atoms with Crippen molar-refractivity contribution in [3.05, 3.63) is 64.6 Å². The molecular weight excluding hydrogens is 304 g/mol. The Morgan fingerprint density at radius 2 is 1.68 bits per heavy atom. The van der Waals surface area contributed by atoms with E-state index in [1.165, 1.54) is 0 Å². The summed E-state index contributed by atoms with van der Waals surface area (Å²) in [6.07, 6.45) is 1.74. The molecule has 0 fully saturated rings. The number of nitrogens with zero attached hydrogens (tertiary/aromatic N) is 3. The Hall–Kier alpha value is -2.14. The van der Waals surface area contributed by atoms with Gasteiger partial charge in [0.05, 0.1) is 11.9 Å². The lowest BCUT2D eigenvalue weighted by Gasteiger charge is -2.22. The van der Waals surface area contributed by atoms with E-state index in [-0.39, 0.29) is 0 Å². The van der Waals surface area contributed by atoms with Crippen molar-refractivity contribution < 1.29 is 0 Å². The lowest BCUT2D eigenvalue weighted by atomic mass is 10.1. The molecule has 19 heavy (non-hydrogen) atoms. The van der Waals surface area contributed by atoms with E-state index >= 15 is 0 Å². The summed E-state index contributed by atoms with van der Waals surface area (Å²) in [7, 11) is 0. The number of rotatable bonds is 2. The van der Waals surface area contributed by atoms with Gasteiger partial charge in [-0.05, 0) is 28.1 Å². The zero-order chi connectivity index (χ0) is 13.1. The predicted octanol–water partition coefficient (Wildman–Crippen LogP) is 3.16. The summed E-state index contributed by atoms with van der Waals surface area (Å²) < 4.78 is 0.956. The summed E-state index contributed by atoms with van der Waals surface area (Å²) in [6, 6.07) is 17.8. The largest absolute Gasteiger partial charge is 0.197 e. The molecule has 0 aliphatic carbocycles. The van der Waals surface area contributed by atoms with E-state index in [2.05, 4.69) is 31.7 Å². The zero-order valence-electron chi connectivity index (χ0n) is 9.99. The van der Waals surface area contributed by atoms with Crippen molar-refractivity contribution in [3.63, 3.8) is 0 Å². The second-order valence-electron chi connectivity index (χ2n) is 3.97. The molecular formula is C14H11BrN4. The number of anilines is 1. The molecule has 4 nitrogen and oxygen atoms in total. The molecule has 0 radical (unpaired) electrons. The smallest absolute Gasteiger partial charge is 0.112 e. The minimum atomic E-state index is 0.809. The topological polar surface area (TPSA) is 40.0 Å². The summed E-state index contributed by atoms with van der Waals surface area (Å²) in [6.45, 7) is 0. The van der Waals surface area contributed by atoms with Gasteiger partial charge in [-0.2, -0.15) is 20.9 Å². The highest BCUT2D eigenvalue weighted by atomic mass is 79.9. The number of halogens is 1. The molecule has 2 aromatic carbocycles. The molecule has 0 bridgehead atoms. The van der Waals surface area contributed by atoms with Crippen LogP contribution >= 0.6 is 15.9 Å². The zero-order valence-corrected chi connectivity index (χ0v) is 11.6. The summed E-state index contributed by atoms with van der Waals surface area (Å²) in [5.41, 5.74) is 5.67. The van der Waals surface area contributed by atoms with E-state index in [0.29, 0.717) is 0 Å². The Bertz CT molecular complexity index is 637. The molecule has 5 heteroatoms. The van der Waals surface area contributed by atoms with Gasteiger partial charge in [0, 0.05) is 10.0 Å². The molecule has 1 N–H and O–H groups in total. The van der Waals surface area contributed by atoms with E-state index in [4.69, 9.17) is 0 Å². The van der Waals surface area contributed by atoms with Crippen molar-refractivity contribution in [2.75, 3.05) is 5.12 Å². The predicted molar refractivity (Wildman–Crippen MR) is 81.2 cm³/mol. The van der Waals surface area contributed by atoms with E-state index in [1.807, 2.05) is 54.6 Å². The van der Waals surface area contributed by atoms with Crippen LogP contribution in [0.25, 0.3) is 0 Å². The fraction of sp³-hybridized carbons (Fsp3) is 0. The first kappa shape index (κ1) is 11.9. The fourth-order valence-corrected chi connectivity index (χ4v) is 2.21. The van der Waals surface area contributed by atoms with Crippen molar-refractivity contribution in [3.8, 4) is 0 Å². The Morgan fingerprint density at radius 1 is 0.947 bits per heavy atom. The van der Waals surface area contributed by atoms with Crippen LogP contribution in [0.4, 0.5) is 5.69 Å². The Morgan fingerprint density at radius 3 is 2.37 bits per heavy atom. The lowest BCUT2D eigenvalue weighted by molar-refractivity contribution is 0.678. The number of nitrogens with one attached hydrogen (secondary N) is 1. The first-order valence-corrected chi connectivity index (χ1v) is 6.61. The molecule has 3 rings (SSSR count). The van der Waals surface area contributed by atoms with E-state index < -0.39 is 0 Å². The molecule has 0 spiro atoms. The third-order valence-corrected chi connectivity index (χ3v) is 3.38. The molecule has 0 saturated carbocycles. The van der Waals surface area contributed by atoms with Crippen LogP contribution < -0.4 is 10.7 Å². The molecule has 0 amide bonds. The molecule has 0 unspecified atom stereocenters. The average molecular weight is 315 g/mol. The van der Waals surface area contributed by atoms with Gasteiger partial charge in [-0.25, -0.2) is 0 Å². The first-order valence-electron chi connectivity index (χ1n) is 5.82. The van der Waals surface area contributed by atoms with Crippen LogP contribution in [0, 0.1) is 0 Å². The van der Waals surface area contributed by atoms with Gasteiger partial charge in [-0.3, -0.25) is 0 Å². The van der Waals surface area contributed by atoms with Crippen LogP contribution in [-0.2, 0) is 0 Å². The van der Waals surface area contributed by atoms with Gasteiger partial charge in [0.25, 0.3) is 0 Å². The van der Waals surface area contributed by atoms with Crippen molar-refractivity contribution in [1.29, 1.82) is 0 Å². The molecule has 1 aliphatic heterocycles. The second kappa shape index (κ2) is 5.24. The van der Waals surface area contributed by atoms with Gasteiger partial charge in [0.2, 0.25) is 0 Å². The SMILES string of the molecule is Brc1ccccc1N1N=CC(c2ccccc2)=NN1. The van der Waals surface area contributed by atoms with Crippen LogP contribution in [0.5, 0.6) is 0 Å². The molecule has 94 valence electrons. The van der Waals surface area contributed by atoms with Crippen molar-refractivity contribution in [1.82, 2.24) is 5.53 Å². The summed E-state index contributed by atoms with van der Waals surface area (Å²) in [5, 5.41) is 10.3. The molecule has 0 aromatic heterocycles. The van der Waals surface area contributed by atoms with Gasteiger partial charge in [-0.1, -0.05) is 42.5 Å². The van der Waals surface area contributed by atoms with Crippen LogP contribution in [0.1, 0.15) is 5.56 Å². The molecule has 1 aliphatic rings. The van der Waals surface area contributed by atoms with Gasteiger partial charge >= 0.3 is 0 Å². The third kappa shape index (κ3) is 2.51. The number of hydrogen-bond donors (Lipinski definition) is 1. The van der Waals surface area contributed by atoms with Crippen LogP contribution in [-0.4, -0.2) is 11.9 Å². The average Bonchev–Trinajstić information content (AvgIpc) is 2.49. The monoisotopic (exact) mass is 314 g/mol. The number of para-hydroxylation sites is 1. The number of hydrazine groups is 1. The van der Waals surface area contributed by atoms with E-state index in [9.17, 15) is 0 Å². The highest BCUT2D eigenvalue weighted by molar-refractivity contribution is 9.10. The summed E-state index contributed by atoms with van der Waals surface area (Å²) in [4.78, 5) is 0. The Balaban J connectivity index is 1.82. The second-order valence-corrected chi connectivity index (χ2v) is 4.83. The maximum absolute atomic E-state index is 4.35. The van der Waals surface area contributed by atoms with Gasteiger partial charge in [0.1, 0.15) is 5.71 Å². The molecule has 2 aromatic rings.